The number of phenols is 1. The zero-order valence-corrected chi connectivity index (χ0v) is 7.88. The first kappa shape index (κ1) is 9.81. The first-order valence-electron chi connectivity index (χ1n) is 4.31. The minimum Gasteiger partial charge on any atom is -0.508 e. The second-order valence-corrected chi connectivity index (χ2v) is 3.23. The summed E-state index contributed by atoms with van der Waals surface area (Å²) in [7, 11) is 0. The first-order valence-corrected chi connectivity index (χ1v) is 4.31. The number of hydrogen-bond donors (Lipinski definition) is 2. The number of rotatable bonds is 4. The van der Waals surface area contributed by atoms with E-state index in [-0.39, 0.29) is 0 Å². The molecule has 0 radical (unpaired) electrons. The maximum atomic E-state index is 9.04. The second-order valence-electron chi connectivity index (χ2n) is 3.23. The number of hydrogen-bond acceptors (Lipinski definition) is 2. The lowest BCUT2D eigenvalue weighted by Crippen LogP contribution is -2.14. The van der Waals surface area contributed by atoms with Crippen LogP contribution in [0.4, 0.5) is 0 Å². The summed E-state index contributed by atoms with van der Waals surface area (Å²) in [6.45, 7) is 7.43. The summed E-state index contributed by atoms with van der Waals surface area (Å²) >= 11 is 0. The van der Waals surface area contributed by atoms with E-state index in [2.05, 4.69) is 11.9 Å². The Morgan fingerprint density at radius 2 is 2.00 bits per heavy atom. The highest BCUT2D eigenvalue weighted by atomic mass is 16.3. The molecule has 0 aliphatic carbocycles. The van der Waals surface area contributed by atoms with Crippen molar-refractivity contribution in [3.8, 4) is 5.75 Å². The second kappa shape index (κ2) is 4.67. The van der Waals surface area contributed by atoms with Gasteiger partial charge in [-0.25, -0.2) is 0 Å². The Kier molecular flexibility index (Phi) is 3.53. The molecule has 2 heteroatoms. The van der Waals surface area contributed by atoms with E-state index in [1.165, 1.54) is 5.56 Å². The van der Waals surface area contributed by atoms with Gasteiger partial charge < -0.3 is 10.4 Å². The predicted octanol–water partition coefficient (Wildman–Crippen LogP) is 2.06. The molecule has 1 rings (SSSR count). The lowest BCUT2D eigenvalue weighted by atomic mass is 10.2. The lowest BCUT2D eigenvalue weighted by Gasteiger charge is -2.03. The third-order valence-corrected chi connectivity index (χ3v) is 1.69. The summed E-state index contributed by atoms with van der Waals surface area (Å²) in [4.78, 5) is 0. The van der Waals surface area contributed by atoms with Crippen LogP contribution in [0.2, 0.25) is 0 Å². The molecule has 0 heterocycles. The molecule has 0 aliphatic heterocycles. The van der Waals surface area contributed by atoms with Crippen LogP contribution in [0.5, 0.6) is 5.75 Å². The molecule has 0 aliphatic rings. The van der Waals surface area contributed by atoms with Gasteiger partial charge in [0, 0.05) is 13.1 Å². The standard InChI is InChI=1S/C11H15NO/c1-9(2)7-12-8-10-3-5-11(13)6-4-10/h3-6,12-13H,1,7-8H2,2H3. The van der Waals surface area contributed by atoms with Gasteiger partial charge in [0.15, 0.2) is 0 Å². The Morgan fingerprint density at radius 1 is 1.38 bits per heavy atom. The van der Waals surface area contributed by atoms with E-state index in [0.29, 0.717) is 5.75 Å². The SMILES string of the molecule is C=C(C)CNCc1ccc(O)cc1. The van der Waals surface area contributed by atoms with Gasteiger partial charge in [0.1, 0.15) is 5.75 Å². The predicted molar refractivity (Wildman–Crippen MR) is 54.6 cm³/mol. The van der Waals surface area contributed by atoms with Crippen molar-refractivity contribution in [1.82, 2.24) is 5.32 Å². The summed E-state index contributed by atoms with van der Waals surface area (Å²) in [6, 6.07) is 7.19. The van der Waals surface area contributed by atoms with Crippen LogP contribution in [-0.4, -0.2) is 11.7 Å². The summed E-state index contributed by atoms with van der Waals surface area (Å²) in [5.74, 6) is 0.309. The van der Waals surface area contributed by atoms with Crippen molar-refractivity contribution in [1.29, 1.82) is 0 Å². The Labute approximate surface area is 78.9 Å². The molecule has 0 fully saturated rings. The highest BCUT2D eigenvalue weighted by Gasteiger charge is 1.92. The van der Waals surface area contributed by atoms with Gasteiger partial charge in [-0.1, -0.05) is 24.3 Å². The first-order chi connectivity index (χ1) is 6.18. The monoisotopic (exact) mass is 177 g/mol. The van der Waals surface area contributed by atoms with Gasteiger partial charge in [-0.15, -0.1) is 0 Å². The van der Waals surface area contributed by atoms with Crippen molar-refractivity contribution >= 4 is 0 Å². The Hall–Kier alpha value is -1.28. The zero-order valence-electron chi connectivity index (χ0n) is 7.88. The molecule has 0 amide bonds. The highest BCUT2D eigenvalue weighted by Crippen LogP contribution is 2.08. The fourth-order valence-corrected chi connectivity index (χ4v) is 1.03. The summed E-state index contributed by atoms with van der Waals surface area (Å²) in [5.41, 5.74) is 2.29. The molecule has 0 spiro atoms. The summed E-state index contributed by atoms with van der Waals surface area (Å²) in [5, 5.41) is 12.3. The number of benzene rings is 1. The molecule has 0 atom stereocenters. The van der Waals surface area contributed by atoms with Crippen molar-refractivity contribution in [3.05, 3.63) is 42.0 Å². The molecule has 1 aromatic rings. The third-order valence-electron chi connectivity index (χ3n) is 1.69. The topological polar surface area (TPSA) is 32.3 Å². The third kappa shape index (κ3) is 3.76. The molecule has 2 nitrogen and oxygen atoms in total. The number of nitrogens with one attached hydrogen (secondary N) is 1. The van der Waals surface area contributed by atoms with Crippen LogP contribution < -0.4 is 5.32 Å². The van der Waals surface area contributed by atoms with Crippen LogP contribution in [0.1, 0.15) is 12.5 Å². The van der Waals surface area contributed by atoms with Crippen molar-refractivity contribution in [2.45, 2.75) is 13.5 Å². The van der Waals surface area contributed by atoms with Crippen LogP contribution in [-0.2, 0) is 6.54 Å². The summed E-state index contributed by atoms with van der Waals surface area (Å²) < 4.78 is 0. The largest absolute Gasteiger partial charge is 0.508 e. The van der Waals surface area contributed by atoms with Crippen molar-refractivity contribution in [2.75, 3.05) is 6.54 Å². The number of aromatic hydroxyl groups is 1. The van der Waals surface area contributed by atoms with Crippen molar-refractivity contribution < 1.29 is 5.11 Å². The van der Waals surface area contributed by atoms with Crippen molar-refractivity contribution in [2.24, 2.45) is 0 Å². The van der Waals surface area contributed by atoms with E-state index >= 15 is 0 Å². The molecule has 0 unspecified atom stereocenters. The van der Waals surface area contributed by atoms with Gasteiger partial charge in [0.2, 0.25) is 0 Å². The highest BCUT2D eigenvalue weighted by molar-refractivity contribution is 5.25. The molecule has 1 aromatic carbocycles. The minimum atomic E-state index is 0.309. The zero-order chi connectivity index (χ0) is 9.68. The van der Waals surface area contributed by atoms with E-state index in [1.54, 1.807) is 12.1 Å². The van der Waals surface area contributed by atoms with E-state index < -0.39 is 0 Å². The average Bonchev–Trinajstić information content (AvgIpc) is 2.08. The maximum Gasteiger partial charge on any atom is 0.115 e. The van der Waals surface area contributed by atoms with Gasteiger partial charge in [0.05, 0.1) is 0 Å². The van der Waals surface area contributed by atoms with Gasteiger partial charge in [-0.3, -0.25) is 0 Å². The smallest absolute Gasteiger partial charge is 0.115 e. The van der Waals surface area contributed by atoms with E-state index in [9.17, 15) is 0 Å². The van der Waals surface area contributed by atoms with Crippen LogP contribution in [0.25, 0.3) is 0 Å². The Morgan fingerprint density at radius 3 is 2.54 bits per heavy atom. The van der Waals surface area contributed by atoms with Crippen molar-refractivity contribution in [3.63, 3.8) is 0 Å². The summed E-state index contributed by atoms with van der Waals surface area (Å²) in [6.07, 6.45) is 0. The molecule has 0 aromatic heterocycles. The Bertz CT molecular complexity index is 277. The molecule has 70 valence electrons. The maximum absolute atomic E-state index is 9.04. The van der Waals surface area contributed by atoms with Gasteiger partial charge >= 0.3 is 0 Å². The van der Waals surface area contributed by atoms with Gasteiger partial charge in [-0.05, 0) is 24.6 Å². The quantitative estimate of drug-likeness (QED) is 0.690. The molecule has 0 saturated heterocycles. The van der Waals surface area contributed by atoms with E-state index in [1.807, 2.05) is 19.1 Å². The molecule has 2 N–H and O–H groups in total. The Balaban J connectivity index is 2.37. The normalized spacial score (nSPS) is 9.92. The number of phenolic OH excluding ortho intramolecular Hbond substituents is 1. The van der Waals surface area contributed by atoms with Gasteiger partial charge in [0.25, 0.3) is 0 Å². The molecule has 0 bridgehead atoms. The van der Waals surface area contributed by atoms with Crippen LogP contribution in [0.15, 0.2) is 36.4 Å². The fraction of sp³-hybridized carbons (Fsp3) is 0.273. The average molecular weight is 177 g/mol. The van der Waals surface area contributed by atoms with Crippen LogP contribution in [0, 0.1) is 0 Å². The lowest BCUT2D eigenvalue weighted by molar-refractivity contribution is 0.475. The fourth-order valence-electron chi connectivity index (χ4n) is 1.03. The molecular formula is C11H15NO. The van der Waals surface area contributed by atoms with Crippen LogP contribution >= 0.6 is 0 Å². The van der Waals surface area contributed by atoms with E-state index in [0.717, 1.165) is 18.7 Å². The van der Waals surface area contributed by atoms with Crippen LogP contribution in [0.3, 0.4) is 0 Å². The molecule has 13 heavy (non-hydrogen) atoms. The minimum absolute atomic E-state index is 0.309. The molecule has 0 saturated carbocycles. The molecular weight excluding hydrogens is 162 g/mol. The van der Waals surface area contributed by atoms with Gasteiger partial charge in [-0.2, -0.15) is 0 Å². The van der Waals surface area contributed by atoms with E-state index in [4.69, 9.17) is 5.11 Å².